The summed E-state index contributed by atoms with van der Waals surface area (Å²) in [5.41, 5.74) is 1.15. The van der Waals surface area contributed by atoms with Crippen LogP contribution in [0.5, 0.6) is 0 Å². The number of carbonyl (C=O) groups is 1. The average molecular weight is 221 g/mol. The summed E-state index contributed by atoms with van der Waals surface area (Å²) >= 11 is 0. The molecule has 0 amide bonds. The van der Waals surface area contributed by atoms with Gasteiger partial charge in [-0.25, -0.2) is 0 Å². The first-order valence-electron chi connectivity index (χ1n) is 5.31. The molecule has 1 aromatic carbocycles. The van der Waals surface area contributed by atoms with Gasteiger partial charge in [-0.05, 0) is 39.1 Å². The van der Waals surface area contributed by atoms with Crippen LogP contribution in [0, 0.1) is 0 Å². The molecule has 1 rings (SSSR count). The van der Waals surface area contributed by atoms with E-state index in [1.54, 1.807) is 13.8 Å². The van der Waals surface area contributed by atoms with Gasteiger partial charge in [0.2, 0.25) is 0 Å². The summed E-state index contributed by atoms with van der Waals surface area (Å²) in [5, 5.41) is 9.16. The molecule has 0 bridgehead atoms. The minimum Gasteiger partial charge on any atom is -0.481 e. The van der Waals surface area contributed by atoms with E-state index >= 15 is 0 Å². The van der Waals surface area contributed by atoms with Gasteiger partial charge < -0.3 is 10.0 Å². The first-order valence-corrected chi connectivity index (χ1v) is 5.31. The second-order valence-electron chi connectivity index (χ2n) is 4.87. The topological polar surface area (TPSA) is 40.5 Å². The molecule has 0 spiro atoms. The third kappa shape index (κ3) is 2.83. The molecule has 0 aromatic heterocycles. The van der Waals surface area contributed by atoms with E-state index in [0.717, 1.165) is 17.7 Å². The van der Waals surface area contributed by atoms with E-state index in [2.05, 4.69) is 4.90 Å². The van der Waals surface area contributed by atoms with Gasteiger partial charge in [-0.1, -0.05) is 24.3 Å². The van der Waals surface area contributed by atoms with Crippen LogP contribution in [-0.4, -0.2) is 30.1 Å². The number of benzene rings is 1. The van der Waals surface area contributed by atoms with Crippen molar-refractivity contribution in [1.82, 2.24) is 4.90 Å². The minimum atomic E-state index is -0.831. The summed E-state index contributed by atoms with van der Waals surface area (Å²) in [7, 11) is 3.99. The zero-order valence-electron chi connectivity index (χ0n) is 10.3. The second-order valence-corrected chi connectivity index (χ2v) is 4.87. The van der Waals surface area contributed by atoms with Crippen molar-refractivity contribution in [3.63, 3.8) is 0 Å². The molecule has 88 valence electrons. The van der Waals surface area contributed by atoms with Gasteiger partial charge in [0, 0.05) is 6.54 Å². The Morgan fingerprint density at radius 1 is 1.38 bits per heavy atom. The Bertz CT molecular complexity index is 383. The van der Waals surface area contributed by atoms with E-state index in [1.807, 2.05) is 38.4 Å². The van der Waals surface area contributed by atoms with Gasteiger partial charge in [0.1, 0.15) is 0 Å². The van der Waals surface area contributed by atoms with E-state index in [-0.39, 0.29) is 0 Å². The number of nitrogens with zero attached hydrogens (tertiary/aromatic N) is 1. The highest BCUT2D eigenvalue weighted by molar-refractivity contribution is 5.80. The molecule has 0 heterocycles. The molecule has 0 aliphatic carbocycles. The van der Waals surface area contributed by atoms with E-state index < -0.39 is 11.4 Å². The Morgan fingerprint density at radius 3 is 2.50 bits per heavy atom. The number of rotatable bonds is 4. The third-order valence-corrected chi connectivity index (χ3v) is 2.68. The molecule has 0 radical (unpaired) electrons. The van der Waals surface area contributed by atoms with Crippen molar-refractivity contribution in [3.05, 3.63) is 35.4 Å². The summed E-state index contributed by atoms with van der Waals surface area (Å²) in [4.78, 5) is 13.2. The normalized spacial score (nSPS) is 11.8. The lowest BCUT2D eigenvalue weighted by Gasteiger charge is -2.21. The largest absolute Gasteiger partial charge is 0.481 e. The number of carboxylic acids is 1. The van der Waals surface area contributed by atoms with Crippen LogP contribution in [0.3, 0.4) is 0 Å². The predicted octanol–water partition coefficient (Wildman–Crippen LogP) is 2.11. The van der Waals surface area contributed by atoms with E-state index in [0.29, 0.717) is 0 Å². The molecule has 3 nitrogen and oxygen atoms in total. The van der Waals surface area contributed by atoms with Gasteiger partial charge in [-0.15, -0.1) is 0 Å². The molecular weight excluding hydrogens is 202 g/mol. The molecule has 0 fully saturated rings. The highest BCUT2D eigenvalue weighted by Gasteiger charge is 2.29. The number of carboxylic acid groups (broad SMARTS) is 1. The first-order chi connectivity index (χ1) is 7.34. The quantitative estimate of drug-likeness (QED) is 0.846. The van der Waals surface area contributed by atoms with E-state index in [9.17, 15) is 4.79 Å². The zero-order chi connectivity index (χ0) is 12.3. The van der Waals surface area contributed by atoms with Crippen LogP contribution in [0.1, 0.15) is 25.0 Å². The summed E-state index contributed by atoms with van der Waals surface area (Å²) in [6, 6.07) is 7.77. The lowest BCUT2D eigenvalue weighted by atomic mass is 9.84. The molecule has 16 heavy (non-hydrogen) atoms. The van der Waals surface area contributed by atoms with Crippen LogP contribution >= 0.6 is 0 Å². The van der Waals surface area contributed by atoms with Crippen molar-refractivity contribution >= 4 is 5.97 Å². The Morgan fingerprint density at radius 2 is 2.00 bits per heavy atom. The summed E-state index contributed by atoms with van der Waals surface area (Å²) in [6.45, 7) is 4.28. The minimum absolute atomic E-state index is 0.797. The molecule has 0 unspecified atom stereocenters. The summed E-state index contributed by atoms with van der Waals surface area (Å²) in [6.07, 6.45) is 0. The van der Waals surface area contributed by atoms with Gasteiger partial charge in [-0.2, -0.15) is 0 Å². The molecule has 3 heteroatoms. The van der Waals surface area contributed by atoms with Crippen LogP contribution in [0.2, 0.25) is 0 Å². The van der Waals surface area contributed by atoms with Gasteiger partial charge in [0.15, 0.2) is 0 Å². The van der Waals surface area contributed by atoms with Crippen LogP contribution in [0.15, 0.2) is 24.3 Å². The first kappa shape index (κ1) is 12.7. The maximum absolute atomic E-state index is 11.1. The highest BCUT2D eigenvalue weighted by Crippen LogP contribution is 2.24. The summed E-state index contributed by atoms with van der Waals surface area (Å²) < 4.78 is 0. The maximum Gasteiger partial charge on any atom is 0.313 e. The van der Waals surface area contributed by atoms with Crippen LogP contribution < -0.4 is 0 Å². The van der Waals surface area contributed by atoms with Gasteiger partial charge >= 0.3 is 5.97 Å². The molecule has 0 atom stereocenters. The lowest BCUT2D eigenvalue weighted by molar-refractivity contribution is -0.142. The molecule has 0 aliphatic rings. The van der Waals surface area contributed by atoms with E-state index in [4.69, 9.17) is 5.11 Å². The molecule has 0 aliphatic heterocycles. The van der Waals surface area contributed by atoms with Crippen molar-refractivity contribution in [2.24, 2.45) is 0 Å². The number of hydrogen-bond acceptors (Lipinski definition) is 2. The van der Waals surface area contributed by atoms with Crippen LogP contribution in [-0.2, 0) is 16.8 Å². The third-order valence-electron chi connectivity index (χ3n) is 2.68. The molecule has 0 saturated heterocycles. The Hall–Kier alpha value is -1.35. The Labute approximate surface area is 96.7 Å². The van der Waals surface area contributed by atoms with Crippen molar-refractivity contribution in [1.29, 1.82) is 0 Å². The fraction of sp³-hybridized carbons (Fsp3) is 0.462. The monoisotopic (exact) mass is 221 g/mol. The van der Waals surface area contributed by atoms with Gasteiger partial charge in [0.25, 0.3) is 0 Å². The van der Waals surface area contributed by atoms with Gasteiger partial charge in [0.05, 0.1) is 5.41 Å². The Kier molecular flexibility index (Phi) is 3.70. The average Bonchev–Trinajstić information content (AvgIpc) is 2.16. The molecule has 0 saturated carbocycles. The SMILES string of the molecule is CN(C)Cc1cccc(C(C)(C)C(=O)O)c1. The molecular formula is C13H19NO2. The summed E-state index contributed by atoms with van der Waals surface area (Å²) in [5.74, 6) is -0.797. The van der Waals surface area contributed by atoms with Crippen molar-refractivity contribution in [2.75, 3.05) is 14.1 Å². The highest BCUT2D eigenvalue weighted by atomic mass is 16.4. The smallest absolute Gasteiger partial charge is 0.313 e. The van der Waals surface area contributed by atoms with Crippen molar-refractivity contribution in [2.45, 2.75) is 25.8 Å². The van der Waals surface area contributed by atoms with Crippen LogP contribution in [0.4, 0.5) is 0 Å². The fourth-order valence-corrected chi connectivity index (χ4v) is 1.55. The lowest BCUT2D eigenvalue weighted by Crippen LogP contribution is -2.28. The van der Waals surface area contributed by atoms with Crippen molar-refractivity contribution < 1.29 is 9.90 Å². The standard InChI is InChI=1S/C13H19NO2/c1-13(2,12(15)16)11-7-5-6-10(8-11)9-14(3)4/h5-8H,9H2,1-4H3,(H,15,16). The second kappa shape index (κ2) is 4.66. The molecule has 1 N–H and O–H groups in total. The van der Waals surface area contributed by atoms with E-state index in [1.165, 1.54) is 0 Å². The van der Waals surface area contributed by atoms with Crippen LogP contribution in [0.25, 0.3) is 0 Å². The maximum atomic E-state index is 11.1. The van der Waals surface area contributed by atoms with Crippen molar-refractivity contribution in [3.8, 4) is 0 Å². The number of hydrogen-bond donors (Lipinski definition) is 1. The Balaban J connectivity index is 3.03. The van der Waals surface area contributed by atoms with Gasteiger partial charge in [-0.3, -0.25) is 4.79 Å². The molecule has 1 aromatic rings. The fourth-order valence-electron chi connectivity index (χ4n) is 1.55. The zero-order valence-corrected chi connectivity index (χ0v) is 10.3. The number of aliphatic carboxylic acids is 1. The predicted molar refractivity (Wildman–Crippen MR) is 64.5 cm³/mol.